The molecule has 0 radical (unpaired) electrons. The molecule has 0 aromatic heterocycles. The SMILES string of the molecule is CC(C)=NOCCCCOc1c(Cl)cc(OC/C=C(\F)Cl)cc1Cl. The average molecular weight is 399 g/mol. The highest BCUT2D eigenvalue weighted by atomic mass is 35.5. The Morgan fingerprint density at radius 1 is 1.12 bits per heavy atom. The van der Waals surface area contributed by atoms with Crippen molar-refractivity contribution in [3.63, 3.8) is 0 Å². The number of rotatable bonds is 10. The maximum atomic E-state index is 12.4. The van der Waals surface area contributed by atoms with E-state index in [0.29, 0.717) is 34.8 Å². The van der Waals surface area contributed by atoms with Gasteiger partial charge in [-0.3, -0.25) is 0 Å². The van der Waals surface area contributed by atoms with E-state index in [9.17, 15) is 4.39 Å². The summed E-state index contributed by atoms with van der Waals surface area (Å²) in [5.74, 6) is 0.779. The molecule has 1 aromatic carbocycles. The van der Waals surface area contributed by atoms with Gasteiger partial charge in [-0.05, 0) is 26.7 Å². The molecule has 1 rings (SSSR count). The Morgan fingerprint density at radius 3 is 2.33 bits per heavy atom. The maximum absolute atomic E-state index is 12.4. The van der Waals surface area contributed by atoms with Gasteiger partial charge in [0.2, 0.25) is 0 Å². The Kier molecular flexibility index (Phi) is 9.91. The van der Waals surface area contributed by atoms with Gasteiger partial charge in [0.15, 0.2) is 11.0 Å². The summed E-state index contributed by atoms with van der Waals surface area (Å²) >= 11 is 17.3. The third kappa shape index (κ3) is 8.62. The maximum Gasteiger partial charge on any atom is 0.188 e. The molecule has 0 bridgehead atoms. The molecular formula is C16H19Cl3FNO3. The van der Waals surface area contributed by atoms with E-state index in [-0.39, 0.29) is 6.61 Å². The zero-order chi connectivity index (χ0) is 17.9. The molecule has 134 valence electrons. The molecule has 1 aromatic rings. The van der Waals surface area contributed by atoms with E-state index in [1.54, 1.807) is 12.1 Å². The summed E-state index contributed by atoms with van der Waals surface area (Å²) < 4.78 is 23.2. The predicted molar refractivity (Wildman–Crippen MR) is 96.5 cm³/mol. The van der Waals surface area contributed by atoms with Crippen LogP contribution in [0.3, 0.4) is 0 Å². The van der Waals surface area contributed by atoms with Crippen molar-refractivity contribution in [2.75, 3.05) is 19.8 Å². The van der Waals surface area contributed by atoms with Crippen molar-refractivity contribution >= 4 is 40.5 Å². The second-order valence-electron chi connectivity index (χ2n) is 4.95. The molecule has 0 spiro atoms. The van der Waals surface area contributed by atoms with Gasteiger partial charge in [-0.15, -0.1) is 0 Å². The minimum Gasteiger partial charge on any atom is -0.490 e. The van der Waals surface area contributed by atoms with E-state index in [1.807, 2.05) is 13.8 Å². The van der Waals surface area contributed by atoms with Gasteiger partial charge in [-0.2, -0.15) is 4.39 Å². The fraction of sp³-hybridized carbons (Fsp3) is 0.438. The van der Waals surface area contributed by atoms with Crippen LogP contribution < -0.4 is 9.47 Å². The van der Waals surface area contributed by atoms with Crippen molar-refractivity contribution in [3.8, 4) is 11.5 Å². The first-order valence-electron chi connectivity index (χ1n) is 7.29. The topological polar surface area (TPSA) is 40.0 Å². The molecular weight excluding hydrogens is 380 g/mol. The standard InChI is InChI=1S/C16H19Cl3FNO3/c1-11(2)21-24-7-4-3-6-23-16-13(17)9-12(10-14(16)18)22-8-5-15(19)20/h5,9-10H,3-4,6-8H2,1-2H3/b15-5-. The van der Waals surface area contributed by atoms with Gasteiger partial charge in [0.05, 0.1) is 22.4 Å². The molecule has 0 amide bonds. The number of ether oxygens (including phenoxy) is 2. The van der Waals surface area contributed by atoms with Crippen molar-refractivity contribution in [2.24, 2.45) is 5.16 Å². The van der Waals surface area contributed by atoms with Crippen molar-refractivity contribution in [2.45, 2.75) is 26.7 Å². The Bertz CT molecular complexity index is 563. The third-order valence-electron chi connectivity index (χ3n) is 2.58. The summed E-state index contributed by atoms with van der Waals surface area (Å²) in [7, 11) is 0. The van der Waals surface area contributed by atoms with E-state index in [4.69, 9.17) is 49.1 Å². The monoisotopic (exact) mass is 397 g/mol. The number of hydrogen-bond donors (Lipinski definition) is 0. The summed E-state index contributed by atoms with van der Waals surface area (Å²) in [6, 6.07) is 3.09. The van der Waals surface area contributed by atoms with Crippen LogP contribution in [-0.4, -0.2) is 25.5 Å². The molecule has 0 unspecified atom stereocenters. The molecule has 0 saturated heterocycles. The van der Waals surface area contributed by atoms with Crippen LogP contribution in [0.1, 0.15) is 26.7 Å². The van der Waals surface area contributed by atoms with E-state index in [0.717, 1.165) is 24.6 Å². The number of benzene rings is 1. The smallest absolute Gasteiger partial charge is 0.188 e. The largest absolute Gasteiger partial charge is 0.490 e. The van der Waals surface area contributed by atoms with Crippen LogP contribution in [0.15, 0.2) is 28.7 Å². The van der Waals surface area contributed by atoms with Crippen LogP contribution in [0.4, 0.5) is 4.39 Å². The molecule has 0 N–H and O–H groups in total. The lowest BCUT2D eigenvalue weighted by Crippen LogP contribution is -2.01. The minimum absolute atomic E-state index is 0.0259. The molecule has 0 aliphatic heterocycles. The number of halogens is 4. The Hall–Kier alpha value is -1.17. The van der Waals surface area contributed by atoms with E-state index < -0.39 is 5.29 Å². The normalized spacial score (nSPS) is 11.2. The molecule has 4 nitrogen and oxygen atoms in total. The third-order valence-corrected chi connectivity index (χ3v) is 3.30. The summed E-state index contributed by atoms with van der Waals surface area (Å²) in [6.45, 7) is 4.67. The van der Waals surface area contributed by atoms with E-state index in [1.165, 1.54) is 0 Å². The summed E-state index contributed by atoms with van der Waals surface area (Å²) in [6.07, 6.45) is 2.65. The molecule has 8 heteroatoms. The quantitative estimate of drug-likeness (QED) is 0.276. The highest BCUT2D eigenvalue weighted by Gasteiger charge is 2.10. The Labute approximate surface area is 156 Å². The van der Waals surface area contributed by atoms with Crippen LogP contribution in [0, 0.1) is 0 Å². The zero-order valence-electron chi connectivity index (χ0n) is 13.5. The first kappa shape index (κ1) is 20.9. The molecule has 0 heterocycles. The molecule has 0 aliphatic rings. The lowest BCUT2D eigenvalue weighted by Gasteiger charge is -2.12. The number of nitrogens with zero attached hydrogens (tertiary/aromatic N) is 1. The Morgan fingerprint density at radius 2 is 1.75 bits per heavy atom. The zero-order valence-corrected chi connectivity index (χ0v) is 15.7. The summed E-state index contributed by atoms with van der Waals surface area (Å²) in [5.41, 5.74) is 0.872. The fourth-order valence-electron chi connectivity index (χ4n) is 1.58. The molecule has 0 saturated carbocycles. The number of unbranched alkanes of at least 4 members (excludes halogenated alkanes) is 1. The lowest BCUT2D eigenvalue weighted by atomic mass is 10.3. The Balaban J connectivity index is 2.43. The highest BCUT2D eigenvalue weighted by Crippen LogP contribution is 2.37. The van der Waals surface area contributed by atoms with Gasteiger partial charge in [0.25, 0.3) is 0 Å². The van der Waals surface area contributed by atoms with Crippen molar-refractivity contribution in [3.05, 3.63) is 33.5 Å². The van der Waals surface area contributed by atoms with E-state index in [2.05, 4.69) is 5.16 Å². The molecule has 24 heavy (non-hydrogen) atoms. The summed E-state index contributed by atoms with van der Waals surface area (Å²) in [4.78, 5) is 5.09. The number of hydrogen-bond acceptors (Lipinski definition) is 4. The predicted octanol–water partition coefficient (Wildman–Crippen LogP) is 5.99. The summed E-state index contributed by atoms with van der Waals surface area (Å²) in [5, 5.41) is 3.63. The van der Waals surface area contributed by atoms with Crippen LogP contribution in [0.25, 0.3) is 0 Å². The van der Waals surface area contributed by atoms with Crippen LogP contribution >= 0.6 is 34.8 Å². The van der Waals surface area contributed by atoms with Gasteiger partial charge >= 0.3 is 0 Å². The second-order valence-corrected chi connectivity index (χ2v) is 6.12. The van der Waals surface area contributed by atoms with Gasteiger partial charge in [-0.1, -0.05) is 40.0 Å². The minimum atomic E-state index is -0.837. The van der Waals surface area contributed by atoms with Crippen molar-refractivity contribution in [1.82, 2.24) is 0 Å². The van der Waals surface area contributed by atoms with E-state index >= 15 is 0 Å². The molecule has 0 fully saturated rings. The van der Waals surface area contributed by atoms with Crippen LogP contribution in [-0.2, 0) is 4.84 Å². The van der Waals surface area contributed by atoms with Gasteiger partial charge in [0, 0.05) is 18.2 Å². The fourth-order valence-corrected chi connectivity index (χ4v) is 2.22. The molecule has 0 atom stereocenters. The first-order chi connectivity index (χ1) is 11.4. The lowest BCUT2D eigenvalue weighted by molar-refractivity contribution is 0.135. The first-order valence-corrected chi connectivity index (χ1v) is 8.42. The average Bonchev–Trinajstić information content (AvgIpc) is 2.47. The second kappa shape index (κ2) is 11.4. The van der Waals surface area contributed by atoms with Crippen molar-refractivity contribution in [1.29, 1.82) is 0 Å². The van der Waals surface area contributed by atoms with Gasteiger partial charge in [-0.25, -0.2) is 0 Å². The van der Waals surface area contributed by atoms with Crippen LogP contribution in [0.5, 0.6) is 11.5 Å². The van der Waals surface area contributed by atoms with Gasteiger partial charge < -0.3 is 14.3 Å². The van der Waals surface area contributed by atoms with Crippen molar-refractivity contribution < 1.29 is 18.7 Å². The number of oxime groups is 1. The molecule has 0 aliphatic carbocycles. The van der Waals surface area contributed by atoms with Gasteiger partial charge in [0.1, 0.15) is 19.0 Å². The van der Waals surface area contributed by atoms with Crippen LogP contribution in [0.2, 0.25) is 10.0 Å². The highest BCUT2D eigenvalue weighted by molar-refractivity contribution is 6.37.